The maximum absolute atomic E-state index is 14.6. The average Bonchev–Trinajstić information content (AvgIpc) is 2.69. The fourth-order valence-corrected chi connectivity index (χ4v) is 3.67. The van der Waals surface area contributed by atoms with Gasteiger partial charge in [-0.3, -0.25) is 4.72 Å². The highest BCUT2D eigenvalue weighted by Crippen LogP contribution is 2.27. The maximum atomic E-state index is 14.6. The Morgan fingerprint density at radius 3 is 2.44 bits per heavy atom. The number of rotatable bonds is 12. The first-order valence-corrected chi connectivity index (χ1v) is 12.2. The van der Waals surface area contributed by atoms with Crippen LogP contribution in [-0.2, 0) is 16.4 Å². The van der Waals surface area contributed by atoms with Gasteiger partial charge in [0.2, 0.25) is 27.8 Å². The molecular formula is C20H31FN6O4S. The van der Waals surface area contributed by atoms with Crippen molar-refractivity contribution in [1.82, 2.24) is 19.9 Å². The summed E-state index contributed by atoms with van der Waals surface area (Å²) in [4.78, 5) is 16.8. The second-order valence-corrected chi connectivity index (χ2v) is 9.73. The van der Waals surface area contributed by atoms with Crippen molar-refractivity contribution in [2.24, 2.45) is 5.92 Å². The molecule has 3 N–H and O–H groups in total. The predicted octanol–water partition coefficient (Wildman–Crippen LogP) is 2.34. The van der Waals surface area contributed by atoms with Crippen molar-refractivity contribution in [2.45, 2.75) is 52.0 Å². The lowest BCUT2D eigenvalue weighted by atomic mass is 9.94. The number of aromatic nitrogens is 4. The SMILES string of the molecule is CCC(Cc1nc(NC(CO)CC(C)C)nc(NS(C)(=O)=O)n1)c1cnc(OC)cc1F. The zero-order chi connectivity index (χ0) is 23.9. The van der Waals surface area contributed by atoms with Crippen LogP contribution in [0.2, 0.25) is 0 Å². The molecule has 2 unspecified atom stereocenters. The third kappa shape index (κ3) is 7.83. The first kappa shape index (κ1) is 25.7. The van der Waals surface area contributed by atoms with Gasteiger partial charge in [0.05, 0.1) is 26.0 Å². The van der Waals surface area contributed by atoms with Crippen molar-refractivity contribution in [3.63, 3.8) is 0 Å². The van der Waals surface area contributed by atoms with Crippen LogP contribution in [0, 0.1) is 11.7 Å². The fourth-order valence-electron chi connectivity index (χ4n) is 3.25. The number of methoxy groups -OCH3 is 1. The first-order valence-electron chi connectivity index (χ1n) is 10.3. The zero-order valence-corrected chi connectivity index (χ0v) is 19.8. The van der Waals surface area contributed by atoms with Gasteiger partial charge in [-0.25, -0.2) is 17.8 Å². The number of nitrogens with one attached hydrogen (secondary N) is 2. The molecule has 0 aliphatic rings. The van der Waals surface area contributed by atoms with Crippen molar-refractivity contribution in [2.75, 3.05) is 30.0 Å². The lowest BCUT2D eigenvalue weighted by Gasteiger charge is -2.20. The van der Waals surface area contributed by atoms with Crippen LogP contribution in [0.25, 0.3) is 0 Å². The van der Waals surface area contributed by atoms with E-state index in [1.165, 1.54) is 19.4 Å². The molecule has 2 rings (SSSR count). The number of halogens is 1. The predicted molar refractivity (Wildman–Crippen MR) is 120 cm³/mol. The van der Waals surface area contributed by atoms with Gasteiger partial charge >= 0.3 is 0 Å². The van der Waals surface area contributed by atoms with Gasteiger partial charge in [0.1, 0.15) is 11.6 Å². The molecule has 0 saturated heterocycles. The van der Waals surface area contributed by atoms with Crippen molar-refractivity contribution in [3.8, 4) is 5.88 Å². The summed E-state index contributed by atoms with van der Waals surface area (Å²) in [6.45, 7) is 5.79. The number of ether oxygens (including phenoxy) is 1. The van der Waals surface area contributed by atoms with Crippen molar-refractivity contribution >= 4 is 21.9 Å². The van der Waals surface area contributed by atoms with Gasteiger partial charge in [-0.15, -0.1) is 0 Å². The van der Waals surface area contributed by atoms with Gasteiger partial charge in [-0.05, 0) is 24.7 Å². The van der Waals surface area contributed by atoms with Crippen LogP contribution in [-0.4, -0.2) is 59.5 Å². The van der Waals surface area contributed by atoms with E-state index >= 15 is 0 Å². The molecule has 0 aromatic carbocycles. The smallest absolute Gasteiger partial charge is 0.241 e. The lowest BCUT2D eigenvalue weighted by molar-refractivity contribution is 0.259. The Morgan fingerprint density at radius 1 is 1.22 bits per heavy atom. The Bertz CT molecular complexity index is 1010. The summed E-state index contributed by atoms with van der Waals surface area (Å²) < 4.78 is 45.2. The number of sulfonamides is 1. The molecule has 0 aliphatic carbocycles. The minimum absolute atomic E-state index is 0.129. The molecule has 0 bridgehead atoms. The van der Waals surface area contributed by atoms with Crippen LogP contribution >= 0.6 is 0 Å². The van der Waals surface area contributed by atoms with Crippen molar-refractivity contribution in [3.05, 3.63) is 29.5 Å². The summed E-state index contributed by atoms with van der Waals surface area (Å²) in [5.74, 6) is -0.0236. The third-order valence-electron chi connectivity index (χ3n) is 4.70. The Hall–Kier alpha value is -2.60. The van der Waals surface area contributed by atoms with Gasteiger partial charge in [0.15, 0.2) is 0 Å². The number of aliphatic hydroxyl groups is 1. The monoisotopic (exact) mass is 470 g/mol. The number of pyridine rings is 1. The number of nitrogens with zero attached hydrogens (tertiary/aromatic N) is 4. The highest BCUT2D eigenvalue weighted by atomic mass is 32.2. The highest BCUT2D eigenvalue weighted by Gasteiger charge is 2.20. The second-order valence-electron chi connectivity index (χ2n) is 7.98. The van der Waals surface area contributed by atoms with E-state index in [-0.39, 0.29) is 48.6 Å². The molecule has 10 nitrogen and oxygen atoms in total. The quantitative estimate of drug-likeness (QED) is 0.426. The lowest BCUT2D eigenvalue weighted by Crippen LogP contribution is -2.27. The molecule has 2 aromatic rings. The topological polar surface area (TPSA) is 139 Å². The molecule has 0 fully saturated rings. The minimum atomic E-state index is -3.63. The van der Waals surface area contributed by atoms with Gasteiger partial charge in [-0.2, -0.15) is 15.0 Å². The van der Waals surface area contributed by atoms with E-state index < -0.39 is 15.8 Å². The maximum Gasteiger partial charge on any atom is 0.241 e. The molecule has 0 radical (unpaired) electrons. The number of anilines is 2. The normalized spacial score (nSPS) is 13.6. The van der Waals surface area contributed by atoms with Gasteiger partial charge in [-0.1, -0.05) is 20.8 Å². The van der Waals surface area contributed by atoms with E-state index in [2.05, 4.69) is 30.0 Å². The van der Waals surface area contributed by atoms with E-state index in [0.717, 1.165) is 6.26 Å². The molecule has 0 amide bonds. The molecular weight excluding hydrogens is 439 g/mol. The molecule has 2 heterocycles. The fraction of sp³-hybridized carbons (Fsp3) is 0.600. The highest BCUT2D eigenvalue weighted by molar-refractivity contribution is 7.91. The Labute approximate surface area is 188 Å². The molecule has 0 aliphatic heterocycles. The number of hydrogen-bond donors (Lipinski definition) is 3. The molecule has 32 heavy (non-hydrogen) atoms. The van der Waals surface area contributed by atoms with Gasteiger partial charge < -0.3 is 15.2 Å². The van der Waals surface area contributed by atoms with E-state index in [0.29, 0.717) is 24.3 Å². The summed E-state index contributed by atoms with van der Waals surface area (Å²) in [6, 6.07) is 0.897. The van der Waals surface area contributed by atoms with Crippen molar-refractivity contribution < 1.29 is 22.7 Å². The summed E-state index contributed by atoms with van der Waals surface area (Å²) in [5.41, 5.74) is 0.383. The summed E-state index contributed by atoms with van der Waals surface area (Å²) in [7, 11) is -2.22. The molecule has 0 saturated carbocycles. The molecule has 2 aromatic heterocycles. The third-order valence-corrected chi connectivity index (χ3v) is 5.25. The van der Waals surface area contributed by atoms with Crippen LogP contribution in [0.1, 0.15) is 50.9 Å². The largest absolute Gasteiger partial charge is 0.481 e. The summed E-state index contributed by atoms with van der Waals surface area (Å²) >= 11 is 0. The Kier molecular flexibility index (Phi) is 9.08. The van der Waals surface area contributed by atoms with Crippen LogP contribution in [0.4, 0.5) is 16.3 Å². The van der Waals surface area contributed by atoms with E-state index in [1.54, 1.807) is 0 Å². The second kappa shape index (κ2) is 11.3. The van der Waals surface area contributed by atoms with Crippen LogP contribution in [0.5, 0.6) is 5.88 Å². The molecule has 12 heteroatoms. The average molecular weight is 471 g/mol. The van der Waals surface area contributed by atoms with Crippen LogP contribution in [0.3, 0.4) is 0 Å². The minimum Gasteiger partial charge on any atom is -0.481 e. The van der Waals surface area contributed by atoms with Gasteiger partial charge in [0.25, 0.3) is 0 Å². The molecule has 178 valence electrons. The summed E-state index contributed by atoms with van der Waals surface area (Å²) in [6.07, 6.45) is 3.87. The Balaban J connectivity index is 2.38. The zero-order valence-electron chi connectivity index (χ0n) is 19.0. The molecule has 0 spiro atoms. The van der Waals surface area contributed by atoms with Gasteiger partial charge in [0, 0.05) is 24.2 Å². The van der Waals surface area contributed by atoms with Crippen LogP contribution in [0.15, 0.2) is 12.3 Å². The number of aliphatic hydroxyl groups excluding tert-OH is 1. The Morgan fingerprint density at radius 2 is 1.91 bits per heavy atom. The summed E-state index contributed by atoms with van der Waals surface area (Å²) in [5, 5.41) is 12.7. The molecule has 2 atom stereocenters. The van der Waals surface area contributed by atoms with Crippen LogP contribution < -0.4 is 14.8 Å². The first-order chi connectivity index (χ1) is 15.0. The van der Waals surface area contributed by atoms with Crippen molar-refractivity contribution in [1.29, 1.82) is 0 Å². The standard InChI is InChI=1S/C20H31FN6O4S/c1-6-13(15-10-22-18(31-4)9-16(15)21)8-17-24-19(23-14(11-28)7-12(2)3)26-20(25-17)27-32(5,29)30/h9-10,12-14,28H,6-8,11H2,1-5H3,(H2,23,24,25,26,27). The van der Waals surface area contributed by atoms with E-state index in [9.17, 15) is 17.9 Å². The number of hydrogen-bond acceptors (Lipinski definition) is 9. The van der Waals surface area contributed by atoms with E-state index in [1.807, 2.05) is 20.8 Å². The van der Waals surface area contributed by atoms with E-state index in [4.69, 9.17) is 4.74 Å².